The van der Waals surface area contributed by atoms with Crippen LogP contribution in [-0.2, 0) is 9.53 Å². The van der Waals surface area contributed by atoms with Crippen LogP contribution in [0.3, 0.4) is 0 Å². The summed E-state index contributed by atoms with van der Waals surface area (Å²) >= 11 is 0. The molecule has 0 aromatic carbocycles. The van der Waals surface area contributed by atoms with Crippen molar-refractivity contribution in [2.24, 2.45) is 11.8 Å². The Bertz CT molecular complexity index is 276. The summed E-state index contributed by atoms with van der Waals surface area (Å²) < 4.78 is 4.99. The zero-order valence-corrected chi connectivity index (χ0v) is 7.17. The molecule has 2 aliphatic rings. The first-order valence-electron chi connectivity index (χ1n) is 4.24. The summed E-state index contributed by atoms with van der Waals surface area (Å²) in [7, 11) is 0. The van der Waals surface area contributed by atoms with Gasteiger partial charge in [0.15, 0.2) is 0 Å². The summed E-state index contributed by atoms with van der Waals surface area (Å²) in [6, 6.07) is 0. The molecule has 2 rings (SSSR count). The summed E-state index contributed by atoms with van der Waals surface area (Å²) in [5, 5.41) is 0. The van der Waals surface area contributed by atoms with Crippen molar-refractivity contribution in [1.82, 2.24) is 0 Å². The summed E-state index contributed by atoms with van der Waals surface area (Å²) in [4.78, 5) is 11.3. The number of allylic oxidation sites excluding steroid dienone is 3. The third-order valence-electron chi connectivity index (χ3n) is 2.70. The van der Waals surface area contributed by atoms with Gasteiger partial charge in [0.05, 0.1) is 5.92 Å². The summed E-state index contributed by atoms with van der Waals surface area (Å²) in [5.74, 6) is 0.884. The maximum absolute atomic E-state index is 11.3. The van der Waals surface area contributed by atoms with Gasteiger partial charge in [0.1, 0.15) is 5.76 Å². The molecule has 64 valence electrons. The van der Waals surface area contributed by atoms with Crippen molar-refractivity contribution in [3.05, 3.63) is 24.0 Å². The highest BCUT2D eigenvalue weighted by atomic mass is 16.5. The zero-order valence-electron chi connectivity index (χ0n) is 7.17. The number of rotatable bonds is 0. The van der Waals surface area contributed by atoms with Gasteiger partial charge in [-0.05, 0) is 19.8 Å². The Morgan fingerprint density at radius 2 is 2.33 bits per heavy atom. The van der Waals surface area contributed by atoms with Crippen LogP contribution in [0.2, 0.25) is 0 Å². The van der Waals surface area contributed by atoms with Crippen LogP contribution in [0.5, 0.6) is 0 Å². The van der Waals surface area contributed by atoms with Crippen molar-refractivity contribution in [3.8, 4) is 0 Å². The molecular formula is C10H12O2. The summed E-state index contributed by atoms with van der Waals surface area (Å²) in [6.45, 7) is 5.80. The topological polar surface area (TPSA) is 26.3 Å². The first-order valence-corrected chi connectivity index (χ1v) is 4.24. The highest BCUT2D eigenvalue weighted by molar-refractivity contribution is 5.78. The fraction of sp³-hybridized carbons (Fsp3) is 0.500. The predicted octanol–water partition coefficient (Wildman–Crippen LogP) is 2.03. The lowest BCUT2D eigenvalue weighted by atomic mass is 9.81. The second-order valence-corrected chi connectivity index (χ2v) is 3.59. The lowest BCUT2D eigenvalue weighted by molar-refractivity contribution is -0.139. The molecule has 2 unspecified atom stereocenters. The third-order valence-corrected chi connectivity index (χ3v) is 2.70. The van der Waals surface area contributed by atoms with Gasteiger partial charge in [-0.25, -0.2) is 0 Å². The van der Waals surface area contributed by atoms with Crippen LogP contribution in [0.1, 0.15) is 19.8 Å². The van der Waals surface area contributed by atoms with E-state index < -0.39 is 0 Å². The Labute approximate surface area is 71.9 Å². The van der Waals surface area contributed by atoms with E-state index in [0.717, 1.165) is 12.8 Å². The molecular weight excluding hydrogens is 152 g/mol. The van der Waals surface area contributed by atoms with Crippen LogP contribution in [0.4, 0.5) is 0 Å². The van der Waals surface area contributed by atoms with Crippen molar-refractivity contribution < 1.29 is 9.53 Å². The van der Waals surface area contributed by atoms with E-state index in [1.807, 2.05) is 0 Å². The van der Waals surface area contributed by atoms with E-state index in [-0.39, 0.29) is 17.8 Å². The molecule has 0 aromatic rings. The van der Waals surface area contributed by atoms with E-state index in [4.69, 9.17) is 4.74 Å². The van der Waals surface area contributed by atoms with Crippen LogP contribution in [-0.4, -0.2) is 5.97 Å². The molecule has 0 aromatic heterocycles. The maximum Gasteiger partial charge on any atom is 0.315 e. The summed E-state index contributed by atoms with van der Waals surface area (Å²) in [6.07, 6.45) is 3.94. The Kier molecular flexibility index (Phi) is 1.56. The second kappa shape index (κ2) is 2.47. The van der Waals surface area contributed by atoms with Crippen LogP contribution in [0.15, 0.2) is 24.0 Å². The molecule has 0 saturated carbocycles. The van der Waals surface area contributed by atoms with Gasteiger partial charge in [-0.3, -0.25) is 4.79 Å². The molecule has 12 heavy (non-hydrogen) atoms. The largest absolute Gasteiger partial charge is 0.431 e. The molecule has 1 heterocycles. The molecule has 2 heteroatoms. The smallest absolute Gasteiger partial charge is 0.315 e. The van der Waals surface area contributed by atoms with Gasteiger partial charge in [0.25, 0.3) is 0 Å². The lowest BCUT2D eigenvalue weighted by Gasteiger charge is -2.19. The minimum atomic E-state index is -0.0857. The second-order valence-electron chi connectivity index (χ2n) is 3.59. The number of hydrogen-bond donors (Lipinski definition) is 0. The molecule has 0 amide bonds. The van der Waals surface area contributed by atoms with Gasteiger partial charge in [-0.2, -0.15) is 0 Å². The Morgan fingerprint density at radius 3 is 3.08 bits per heavy atom. The molecule has 2 atom stereocenters. The Morgan fingerprint density at radius 1 is 1.58 bits per heavy atom. The van der Waals surface area contributed by atoms with Crippen LogP contribution < -0.4 is 0 Å². The molecule has 1 saturated heterocycles. The minimum Gasteiger partial charge on any atom is -0.431 e. The van der Waals surface area contributed by atoms with Crippen molar-refractivity contribution >= 4 is 5.97 Å². The molecule has 0 N–H and O–H groups in total. The highest BCUT2D eigenvalue weighted by Crippen LogP contribution is 2.40. The fourth-order valence-corrected chi connectivity index (χ4v) is 1.95. The first-order chi connectivity index (χ1) is 5.68. The first kappa shape index (κ1) is 7.59. The van der Waals surface area contributed by atoms with Crippen molar-refractivity contribution in [3.63, 3.8) is 0 Å². The van der Waals surface area contributed by atoms with E-state index in [1.165, 1.54) is 5.57 Å². The molecule has 0 spiro atoms. The minimum absolute atomic E-state index is 0.0579. The van der Waals surface area contributed by atoms with Gasteiger partial charge in [0.2, 0.25) is 0 Å². The third kappa shape index (κ3) is 0.986. The van der Waals surface area contributed by atoms with E-state index >= 15 is 0 Å². The quantitative estimate of drug-likeness (QED) is 0.404. The van der Waals surface area contributed by atoms with E-state index in [9.17, 15) is 4.79 Å². The van der Waals surface area contributed by atoms with E-state index in [2.05, 4.69) is 19.6 Å². The van der Waals surface area contributed by atoms with Gasteiger partial charge < -0.3 is 4.74 Å². The van der Waals surface area contributed by atoms with Crippen molar-refractivity contribution in [2.45, 2.75) is 19.8 Å². The molecule has 1 aliphatic carbocycles. The number of fused-ring (bicyclic) bond motifs is 1. The molecule has 1 fully saturated rings. The predicted molar refractivity (Wildman–Crippen MR) is 45.2 cm³/mol. The number of esters is 1. The number of ether oxygens (including phenoxy) is 1. The van der Waals surface area contributed by atoms with Crippen molar-refractivity contribution in [2.75, 3.05) is 0 Å². The van der Waals surface area contributed by atoms with Gasteiger partial charge >= 0.3 is 5.97 Å². The molecule has 0 bridgehead atoms. The average Bonchev–Trinajstić information content (AvgIpc) is 2.28. The normalized spacial score (nSPS) is 34.2. The number of carbonyl (C=O) groups excluding carboxylic acids is 1. The van der Waals surface area contributed by atoms with Crippen LogP contribution in [0.25, 0.3) is 0 Å². The van der Waals surface area contributed by atoms with Gasteiger partial charge in [0, 0.05) is 5.92 Å². The summed E-state index contributed by atoms with van der Waals surface area (Å²) in [5.41, 5.74) is 1.29. The maximum atomic E-state index is 11.3. The lowest BCUT2D eigenvalue weighted by Crippen LogP contribution is -2.18. The SMILES string of the molecule is C=C1OC(=O)C2CC(C)=CCC12. The molecule has 0 radical (unpaired) electrons. The number of hydrogen-bond acceptors (Lipinski definition) is 2. The van der Waals surface area contributed by atoms with E-state index in [0.29, 0.717) is 5.76 Å². The Balaban J connectivity index is 2.27. The van der Waals surface area contributed by atoms with Crippen molar-refractivity contribution in [1.29, 1.82) is 0 Å². The number of carbonyl (C=O) groups is 1. The average molecular weight is 164 g/mol. The van der Waals surface area contributed by atoms with Crippen LogP contribution in [0, 0.1) is 11.8 Å². The zero-order chi connectivity index (χ0) is 8.72. The highest BCUT2D eigenvalue weighted by Gasteiger charge is 2.40. The monoisotopic (exact) mass is 164 g/mol. The Hall–Kier alpha value is -1.05. The van der Waals surface area contributed by atoms with E-state index in [1.54, 1.807) is 0 Å². The number of cyclic esters (lactones) is 1. The molecule has 1 aliphatic heterocycles. The fourth-order valence-electron chi connectivity index (χ4n) is 1.95. The standard InChI is InChI=1S/C10H12O2/c1-6-3-4-8-7(2)12-10(11)9(8)5-6/h3,8-9H,2,4-5H2,1H3. The van der Waals surface area contributed by atoms with Gasteiger partial charge in [-0.1, -0.05) is 18.2 Å². The molecule has 2 nitrogen and oxygen atoms in total. The van der Waals surface area contributed by atoms with Crippen LogP contribution >= 0.6 is 0 Å². The van der Waals surface area contributed by atoms with Gasteiger partial charge in [-0.15, -0.1) is 0 Å².